The molecule has 6 nitrogen and oxygen atoms in total. The van der Waals surface area contributed by atoms with Crippen LogP contribution < -0.4 is 15.5 Å². The molecule has 0 saturated carbocycles. The van der Waals surface area contributed by atoms with E-state index in [2.05, 4.69) is 19.8 Å². The van der Waals surface area contributed by atoms with Crippen LogP contribution in [-0.4, -0.2) is 24.5 Å². The number of nitrogens with zero attached hydrogens (tertiary/aromatic N) is 1. The molecule has 0 atom stereocenters. The Morgan fingerprint density at radius 3 is 2.77 bits per heavy atom. The van der Waals surface area contributed by atoms with Crippen LogP contribution >= 0.6 is 32.1 Å². The van der Waals surface area contributed by atoms with E-state index in [1.165, 1.54) is 29.5 Å². The van der Waals surface area contributed by atoms with Crippen LogP contribution in [-0.2, 0) is 0 Å². The Morgan fingerprint density at radius 2 is 2.03 bits per heavy atom. The lowest BCUT2D eigenvalue weighted by atomic mass is 10.1. The van der Waals surface area contributed by atoms with Crippen molar-refractivity contribution in [2.24, 2.45) is 0 Å². The molecule has 0 bridgehead atoms. The zero-order chi connectivity index (χ0) is 22.0. The minimum Gasteiger partial charge on any atom is -0.425 e. The van der Waals surface area contributed by atoms with Gasteiger partial charge in [-0.05, 0) is 24.3 Å². The van der Waals surface area contributed by atoms with Crippen molar-refractivity contribution in [1.82, 2.24) is 9.97 Å². The van der Waals surface area contributed by atoms with E-state index in [1.54, 1.807) is 41.9 Å². The number of aromatic amines is 1. The van der Waals surface area contributed by atoms with Gasteiger partial charge in [0, 0.05) is 55.0 Å². The lowest BCUT2D eigenvalue weighted by molar-refractivity contribution is -0.0692. The van der Waals surface area contributed by atoms with Gasteiger partial charge in [0.2, 0.25) is 0 Å². The maximum atomic E-state index is 13.6. The molecule has 2 aromatic heterocycles. The summed E-state index contributed by atoms with van der Waals surface area (Å²) in [6.07, 6.45) is 1.57. The number of nitrogens with one attached hydrogen (secondary N) is 2. The first-order valence-corrected chi connectivity index (χ1v) is 12.3. The van der Waals surface area contributed by atoms with Gasteiger partial charge in [0.25, 0.3) is 5.91 Å². The van der Waals surface area contributed by atoms with Gasteiger partial charge in [-0.1, -0.05) is 22.7 Å². The van der Waals surface area contributed by atoms with Crippen LogP contribution in [0.15, 0.2) is 64.9 Å². The summed E-state index contributed by atoms with van der Waals surface area (Å²) >= 11 is -0.431. The highest BCUT2D eigenvalue weighted by molar-refractivity contribution is 14.2. The third kappa shape index (κ3) is 4.69. The Balaban J connectivity index is 1.77. The van der Waals surface area contributed by atoms with Crippen LogP contribution in [0.4, 0.5) is 13.9 Å². The number of carbonyl (C=O) groups excluding carboxylic acids is 1. The number of fused-ring (bicyclic) bond motifs is 1. The number of hydrogen-bond acceptors (Lipinski definition) is 5. The predicted molar refractivity (Wildman–Crippen MR) is 127 cm³/mol. The van der Waals surface area contributed by atoms with Crippen molar-refractivity contribution in [1.29, 1.82) is 0 Å². The molecule has 2 N–H and O–H groups in total. The molecule has 10 heteroatoms. The fraction of sp³-hybridized carbons (Fsp3) is 0.0476. The van der Waals surface area contributed by atoms with E-state index in [4.69, 9.17) is 4.74 Å². The first-order chi connectivity index (χ1) is 14.9. The molecule has 0 fully saturated rings. The average Bonchev–Trinajstić information content (AvgIpc) is 3.26. The zero-order valence-corrected chi connectivity index (χ0v) is 18.7. The standard InChI is InChI=1S/C21H14F2IN3O3S/c1-24-21(22,23)30-13-5-2-4-12(10-13)16-11-17(28)14-6-3-7-15(18(14)26-16)19(29)27-20-25-8-9-31-20/h2-11H,1H2,(H,26,28)(H,25,27,29). The molecule has 4 aromatic rings. The number of benzene rings is 2. The Labute approximate surface area is 188 Å². The summed E-state index contributed by atoms with van der Waals surface area (Å²) < 4.78 is 31.9. The maximum Gasteiger partial charge on any atom is 0.445 e. The summed E-state index contributed by atoms with van der Waals surface area (Å²) in [5.41, 5.74) is 1.11. The molecule has 158 valence electrons. The number of halogens is 3. The van der Waals surface area contributed by atoms with Crippen LogP contribution in [0.25, 0.3) is 22.2 Å². The van der Waals surface area contributed by atoms with Gasteiger partial charge < -0.3 is 9.72 Å². The Morgan fingerprint density at radius 1 is 1.23 bits per heavy atom. The van der Waals surface area contributed by atoms with Gasteiger partial charge >= 0.3 is 4.12 Å². The first-order valence-electron chi connectivity index (χ1n) is 8.80. The van der Waals surface area contributed by atoms with E-state index < -0.39 is 30.8 Å². The topological polar surface area (TPSA) is 84.1 Å². The molecule has 2 heterocycles. The van der Waals surface area contributed by atoms with Gasteiger partial charge in [0.05, 0.1) is 11.1 Å². The van der Waals surface area contributed by atoms with Gasteiger partial charge in [0.15, 0.2) is 10.6 Å². The molecular weight excluding hydrogens is 539 g/mol. The number of H-pyrrole nitrogens is 1. The van der Waals surface area contributed by atoms with Gasteiger partial charge in [-0.15, -0.1) is 11.3 Å². The summed E-state index contributed by atoms with van der Waals surface area (Å²) in [7, 11) is 0. The van der Waals surface area contributed by atoms with Gasteiger partial charge in [0.1, 0.15) is 5.75 Å². The normalized spacial score (nSPS) is 11.4. The number of ether oxygens (including phenoxy) is 1. The van der Waals surface area contributed by atoms with Gasteiger partial charge in [-0.3, -0.25) is 14.9 Å². The second-order valence-corrected chi connectivity index (χ2v) is 9.19. The molecule has 31 heavy (non-hydrogen) atoms. The Hall–Kier alpha value is -2.99. The molecular formula is C21H14F2IN3O3S. The fourth-order valence-corrected chi connectivity index (χ4v) is 3.89. The second-order valence-electron chi connectivity index (χ2n) is 6.28. The lowest BCUT2D eigenvalue weighted by Gasteiger charge is -2.14. The fourth-order valence-electron chi connectivity index (χ4n) is 2.95. The summed E-state index contributed by atoms with van der Waals surface area (Å²) in [5.74, 6) is -0.467. The quantitative estimate of drug-likeness (QED) is 0.253. The monoisotopic (exact) mass is 553 g/mol. The first kappa shape index (κ1) is 21.2. The van der Waals surface area contributed by atoms with E-state index in [0.717, 1.165) is 0 Å². The number of alkyl halides is 3. The highest BCUT2D eigenvalue weighted by atomic mass is 127. The minimum atomic E-state index is -3.30. The molecule has 0 spiro atoms. The summed E-state index contributed by atoms with van der Waals surface area (Å²) in [6.45, 7) is 0. The number of anilines is 1. The molecule has 0 aliphatic carbocycles. The van der Waals surface area contributed by atoms with Gasteiger partial charge in [-0.2, -0.15) is 8.78 Å². The van der Waals surface area contributed by atoms with Crippen molar-refractivity contribution in [2.75, 3.05) is 5.32 Å². The number of thiazole rings is 1. The number of pyridine rings is 1. The highest BCUT2D eigenvalue weighted by Gasteiger charge is 2.27. The number of rotatable bonds is 6. The van der Waals surface area contributed by atoms with Crippen LogP contribution in [0, 0.1) is 0 Å². The van der Waals surface area contributed by atoms with Crippen LogP contribution in [0.2, 0.25) is 0 Å². The van der Waals surface area contributed by atoms with E-state index in [-0.39, 0.29) is 16.7 Å². The zero-order valence-electron chi connectivity index (χ0n) is 15.7. The molecule has 0 aliphatic rings. The van der Waals surface area contributed by atoms with Crippen LogP contribution in [0.3, 0.4) is 0 Å². The SMILES string of the molecule is C=IC(F)(F)Oc1cccc(-c2cc(=O)c3cccc(C(=O)Nc4nccs4)c3[nH]2)c1. The van der Waals surface area contributed by atoms with E-state index in [0.29, 0.717) is 27.3 Å². The molecule has 0 unspecified atom stereocenters. The molecule has 4 rings (SSSR count). The average molecular weight is 553 g/mol. The van der Waals surface area contributed by atoms with Gasteiger partial charge in [-0.25, -0.2) is 4.98 Å². The number of para-hydroxylation sites is 1. The molecule has 0 radical (unpaired) electrons. The summed E-state index contributed by atoms with van der Waals surface area (Å²) in [6, 6.07) is 12.2. The number of hydrogen-bond donors (Lipinski definition) is 2. The maximum absolute atomic E-state index is 13.6. The molecule has 2 aromatic carbocycles. The van der Waals surface area contributed by atoms with E-state index in [9.17, 15) is 18.4 Å². The van der Waals surface area contributed by atoms with Crippen molar-refractivity contribution in [2.45, 2.75) is 4.12 Å². The summed E-state index contributed by atoms with van der Waals surface area (Å²) in [4.78, 5) is 32.6. The molecule has 0 saturated heterocycles. The minimum absolute atomic E-state index is 0.0402. The third-order valence-electron chi connectivity index (χ3n) is 4.30. The van der Waals surface area contributed by atoms with Crippen molar-refractivity contribution in [3.63, 3.8) is 0 Å². The molecule has 0 aliphatic heterocycles. The van der Waals surface area contributed by atoms with Crippen molar-refractivity contribution >= 4 is 58.5 Å². The van der Waals surface area contributed by atoms with Crippen LogP contribution in [0.5, 0.6) is 5.75 Å². The van der Waals surface area contributed by atoms with Crippen molar-refractivity contribution in [3.8, 4) is 17.0 Å². The number of carbonyl (C=O) groups is 1. The number of aromatic nitrogens is 2. The van der Waals surface area contributed by atoms with E-state index in [1.807, 2.05) is 0 Å². The lowest BCUT2D eigenvalue weighted by Crippen LogP contribution is -2.16. The van der Waals surface area contributed by atoms with Crippen molar-refractivity contribution in [3.05, 3.63) is 75.9 Å². The Bertz CT molecular complexity index is 1340. The second kappa shape index (κ2) is 8.63. The molecule has 1 amide bonds. The number of amides is 1. The van der Waals surface area contributed by atoms with Crippen molar-refractivity contribution < 1.29 is 18.3 Å². The summed E-state index contributed by atoms with van der Waals surface area (Å²) in [5, 5.41) is 5.18. The third-order valence-corrected chi connectivity index (χ3v) is 6.09. The highest BCUT2D eigenvalue weighted by Crippen LogP contribution is 2.32. The van der Waals surface area contributed by atoms with E-state index >= 15 is 0 Å². The smallest absolute Gasteiger partial charge is 0.425 e. The predicted octanol–water partition coefficient (Wildman–Crippen LogP) is 5.24. The Kier molecular flexibility index (Phi) is 5.92. The largest absolute Gasteiger partial charge is 0.445 e. The van der Waals surface area contributed by atoms with Crippen LogP contribution in [0.1, 0.15) is 10.4 Å².